The molecule has 0 atom stereocenters. The van der Waals surface area contributed by atoms with Crippen LogP contribution in [0.15, 0.2) is 92.2 Å². The summed E-state index contributed by atoms with van der Waals surface area (Å²) >= 11 is 3.79. The number of fused-ring (bicyclic) bond motifs is 6. The van der Waals surface area contributed by atoms with Gasteiger partial charge in [-0.1, -0.05) is 60.7 Å². The Hall–Kier alpha value is -3.04. The Morgan fingerprint density at radius 2 is 1.37 bits per heavy atom. The molecule has 3 heteroatoms. The molecule has 0 N–H and O–H groups in total. The molecule has 6 rings (SSSR count). The van der Waals surface area contributed by atoms with Gasteiger partial charge < -0.3 is 8.83 Å². The van der Waals surface area contributed by atoms with Gasteiger partial charge >= 0.3 is 0 Å². The van der Waals surface area contributed by atoms with Crippen LogP contribution in [0.5, 0.6) is 0 Å². The van der Waals surface area contributed by atoms with Crippen LogP contribution < -0.4 is 0 Å². The molecule has 0 fully saturated rings. The van der Waals surface area contributed by atoms with Gasteiger partial charge in [0.2, 0.25) is 0 Å². The molecule has 6 aromatic rings. The van der Waals surface area contributed by atoms with Crippen molar-refractivity contribution in [3.8, 4) is 11.3 Å². The average molecular weight is 413 g/mol. The first-order chi connectivity index (χ1) is 13.3. The molecule has 2 nitrogen and oxygen atoms in total. The number of hydrogen-bond donors (Lipinski definition) is 0. The Kier molecular flexibility index (Phi) is 3.06. The molecule has 0 aliphatic rings. The summed E-state index contributed by atoms with van der Waals surface area (Å²) in [6.45, 7) is 0. The van der Waals surface area contributed by atoms with E-state index in [0.717, 1.165) is 54.1 Å². The van der Waals surface area contributed by atoms with E-state index in [9.17, 15) is 0 Å². The Labute approximate surface area is 163 Å². The predicted octanol–water partition coefficient (Wildman–Crippen LogP) is 7.91. The van der Waals surface area contributed by atoms with Gasteiger partial charge in [0.1, 0.15) is 22.5 Å². The minimum Gasteiger partial charge on any atom is -0.456 e. The molecular weight excluding hydrogens is 400 g/mol. The fourth-order valence-electron chi connectivity index (χ4n) is 3.93. The van der Waals surface area contributed by atoms with Crippen molar-refractivity contribution in [2.45, 2.75) is 0 Å². The number of furan rings is 2. The number of hydrogen-bond acceptors (Lipinski definition) is 2. The lowest BCUT2D eigenvalue weighted by Crippen LogP contribution is -1.77. The summed E-state index contributed by atoms with van der Waals surface area (Å²) in [5.74, 6) is 0.832. The molecule has 0 bridgehead atoms. The van der Waals surface area contributed by atoms with Gasteiger partial charge in [-0.3, -0.25) is 0 Å². The Bertz CT molecular complexity index is 1490. The maximum atomic E-state index is 6.44. The van der Waals surface area contributed by atoms with Crippen LogP contribution in [0.4, 0.5) is 0 Å². The van der Waals surface area contributed by atoms with Crippen LogP contribution >= 0.6 is 15.9 Å². The van der Waals surface area contributed by atoms with E-state index < -0.39 is 0 Å². The van der Waals surface area contributed by atoms with Crippen molar-refractivity contribution in [2.24, 2.45) is 0 Å². The summed E-state index contributed by atoms with van der Waals surface area (Å²) in [6.07, 6.45) is 0. The molecule has 0 aliphatic heterocycles. The fourth-order valence-corrected chi connectivity index (χ4v) is 4.54. The number of para-hydroxylation sites is 1. The second-order valence-corrected chi connectivity index (χ2v) is 7.48. The van der Waals surface area contributed by atoms with Gasteiger partial charge in [0.25, 0.3) is 0 Å². The van der Waals surface area contributed by atoms with Crippen LogP contribution in [-0.4, -0.2) is 0 Å². The van der Waals surface area contributed by atoms with Crippen molar-refractivity contribution in [2.75, 3.05) is 0 Å². The van der Waals surface area contributed by atoms with E-state index in [0.29, 0.717) is 0 Å². The van der Waals surface area contributed by atoms with Gasteiger partial charge in [-0.2, -0.15) is 0 Å². The van der Waals surface area contributed by atoms with Gasteiger partial charge in [-0.15, -0.1) is 0 Å². The zero-order valence-corrected chi connectivity index (χ0v) is 15.8. The minimum absolute atomic E-state index is 0.832. The van der Waals surface area contributed by atoms with E-state index in [-0.39, 0.29) is 0 Å². The Balaban J connectivity index is 1.76. The van der Waals surface area contributed by atoms with E-state index in [4.69, 9.17) is 8.83 Å². The van der Waals surface area contributed by atoms with E-state index in [1.807, 2.05) is 42.5 Å². The first-order valence-electron chi connectivity index (χ1n) is 8.81. The zero-order valence-electron chi connectivity index (χ0n) is 14.2. The molecule has 4 aromatic carbocycles. The SMILES string of the molecule is Brc1c(-c2cccc3oc4ccccc4c23)oc2c1ccc1ccccc12. The third kappa shape index (κ3) is 2.06. The molecule has 0 unspecified atom stereocenters. The summed E-state index contributed by atoms with van der Waals surface area (Å²) in [5, 5.41) is 5.54. The lowest BCUT2D eigenvalue weighted by molar-refractivity contribution is 0.633. The number of benzene rings is 4. The summed E-state index contributed by atoms with van der Waals surface area (Å²) in [6, 6.07) is 26.8. The van der Waals surface area contributed by atoms with Crippen LogP contribution in [0.2, 0.25) is 0 Å². The molecule has 2 aromatic heterocycles. The Morgan fingerprint density at radius 3 is 2.30 bits per heavy atom. The number of rotatable bonds is 1. The fraction of sp³-hybridized carbons (Fsp3) is 0. The summed E-state index contributed by atoms with van der Waals surface area (Å²) in [4.78, 5) is 0. The molecule has 27 heavy (non-hydrogen) atoms. The second-order valence-electron chi connectivity index (χ2n) is 6.69. The third-order valence-electron chi connectivity index (χ3n) is 5.17. The molecule has 0 amide bonds. The summed E-state index contributed by atoms with van der Waals surface area (Å²) in [5.41, 5.74) is 3.69. The molecule has 0 spiro atoms. The van der Waals surface area contributed by atoms with Crippen LogP contribution in [0.1, 0.15) is 0 Å². The predicted molar refractivity (Wildman–Crippen MR) is 114 cm³/mol. The molecular formula is C24H13BrO2. The number of halogens is 1. The van der Waals surface area contributed by atoms with E-state index in [1.165, 1.54) is 5.39 Å². The smallest absolute Gasteiger partial charge is 0.150 e. The van der Waals surface area contributed by atoms with E-state index >= 15 is 0 Å². The van der Waals surface area contributed by atoms with Crippen LogP contribution in [-0.2, 0) is 0 Å². The van der Waals surface area contributed by atoms with Crippen molar-refractivity contribution in [3.05, 3.63) is 83.3 Å². The third-order valence-corrected chi connectivity index (χ3v) is 5.95. The van der Waals surface area contributed by atoms with Crippen LogP contribution in [0, 0.1) is 0 Å². The maximum absolute atomic E-state index is 6.44. The molecule has 128 valence electrons. The van der Waals surface area contributed by atoms with Crippen molar-refractivity contribution >= 4 is 59.6 Å². The van der Waals surface area contributed by atoms with Gasteiger partial charge in [-0.25, -0.2) is 0 Å². The highest BCUT2D eigenvalue weighted by atomic mass is 79.9. The van der Waals surface area contributed by atoms with E-state index in [1.54, 1.807) is 0 Å². The van der Waals surface area contributed by atoms with Gasteiger partial charge in [0.05, 0.1) is 4.47 Å². The monoisotopic (exact) mass is 412 g/mol. The Morgan fingerprint density at radius 1 is 0.593 bits per heavy atom. The zero-order chi connectivity index (χ0) is 18.0. The summed E-state index contributed by atoms with van der Waals surface area (Å²) in [7, 11) is 0. The summed E-state index contributed by atoms with van der Waals surface area (Å²) < 4.78 is 13.5. The van der Waals surface area contributed by atoms with Crippen molar-refractivity contribution in [1.29, 1.82) is 0 Å². The normalized spacial score (nSPS) is 11.9. The highest BCUT2D eigenvalue weighted by molar-refractivity contribution is 9.10. The van der Waals surface area contributed by atoms with E-state index in [2.05, 4.69) is 52.3 Å². The first kappa shape index (κ1) is 15.1. The lowest BCUT2D eigenvalue weighted by Gasteiger charge is -2.01. The minimum atomic E-state index is 0.832. The van der Waals surface area contributed by atoms with Crippen LogP contribution in [0.25, 0.3) is 55.0 Å². The highest BCUT2D eigenvalue weighted by Gasteiger charge is 2.20. The quantitative estimate of drug-likeness (QED) is 0.274. The van der Waals surface area contributed by atoms with Crippen LogP contribution in [0.3, 0.4) is 0 Å². The molecule has 0 aliphatic carbocycles. The topological polar surface area (TPSA) is 26.3 Å². The van der Waals surface area contributed by atoms with Gasteiger partial charge in [-0.05, 0) is 39.5 Å². The second kappa shape index (κ2) is 5.48. The standard InChI is InChI=1S/C24H13BrO2/c25-22-18-13-12-14-6-1-2-7-15(14)23(18)27-24(22)17-9-5-11-20-21(17)16-8-3-4-10-19(16)26-20/h1-13H. The van der Waals surface area contributed by atoms with Crippen molar-refractivity contribution in [3.63, 3.8) is 0 Å². The van der Waals surface area contributed by atoms with Crippen molar-refractivity contribution < 1.29 is 8.83 Å². The lowest BCUT2D eigenvalue weighted by atomic mass is 10.0. The van der Waals surface area contributed by atoms with Gasteiger partial charge in [0, 0.05) is 27.1 Å². The van der Waals surface area contributed by atoms with Crippen molar-refractivity contribution in [1.82, 2.24) is 0 Å². The van der Waals surface area contributed by atoms with Gasteiger partial charge in [0.15, 0.2) is 0 Å². The molecule has 2 heterocycles. The molecule has 0 saturated carbocycles. The largest absolute Gasteiger partial charge is 0.456 e. The highest BCUT2D eigenvalue weighted by Crippen LogP contribution is 2.44. The molecule has 0 saturated heterocycles. The first-order valence-corrected chi connectivity index (χ1v) is 9.61. The molecule has 0 radical (unpaired) electrons. The maximum Gasteiger partial charge on any atom is 0.150 e. The average Bonchev–Trinajstić information content (AvgIpc) is 3.26.